The Morgan fingerprint density at radius 2 is 1.81 bits per heavy atom. The number of H-pyrrole nitrogens is 1. The van der Waals surface area contributed by atoms with E-state index in [9.17, 15) is 9.59 Å². The highest BCUT2D eigenvalue weighted by molar-refractivity contribution is 6.42. The van der Waals surface area contributed by atoms with Gasteiger partial charge in [-0.15, -0.1) is 0 Å². The molecule has 0 bridgehead atoms. The van der Waals surface area contributed by atoms with E-state index in [1.54, 1.807) is 7.05 Å². The molecule has 1 aliphatic heterocycles. The van der Waals surface area contributed by atoms with E-state index in [2.05, 4.69) is 21.7 Å². The number of halogens is 2. The van der Waals surface area contributed by atoms with E-state index in [0.717, 1.165) is 63.5 Å². The van der Waals surface area contributed by atoms with E-state index in [4.69, 9.17) is 28.2 Å². The number of aryl methyl sites for hydroxylation is 2. The van der Waals surface area contributed by atoms with Crippen LogP contribution in [0.3, 0.4) is 0 Å². The zero-order chi connectivity index (χ0) is 22.8. The molecule has 1 aromatic carbocycles. The third-order valence-corrected chi connectivity index (χ3v) is 6.76. The molecule has 2 aromatic heterocycles. The molecule has 0 saturated carbocycles. The maximum absolute atomic E-state index is 12.6. The average Bonchev–Trinajstić information content (AvgIpc) is 3.16. The van der Waals surface area contributed by atoms with Gasteiger partial charge >= 0.3 is 5.69 Å². The summed E-state index contributed by atoms with van der Waals surface area (Å²) in [5, 5.41) is 1.13. The highest BCUT2D eigenvalue weighted by Gasteiger charge is 2.25. The third kappa shape index (κ3) is 4.58. The first-order valence-corrected chi connectivity index (χ1v) is 11.8. The average molecular weight is 479 g/mol. The van der Waals surface area contributed by atoms with E-state index in [-0.39, 0.29) is 5.56 Å². The zero-order valence-corrected chi connectivity index (χ0v) is 19.9. The minimum atomic E-state index is -0.446. The summed E-state index contributed by atoms with van der Waals surface area (Å²) in [4.78, 5) is 36.5. The van der Waals surface area contributed by atoms with E-state index in [1.165, 1.54) is 4.57 Å². The second-order valence-corrected chi connectivity index (χ2v) is 9.09. The second-order valence-electron chi connectivity index (χ2n) is 8.27. The van der Waals surface area contributed by atoms with Gasteiger partial charge in [0.1, 0.15) is 0 Å². The Kier molecular flexibility index (Phi) is 6.93. The van der Waals surface area contributed by atoms with Crippen LogP contribution in [0.2, 0.25) is 10.0 Å². The van der Waals surface area contributed by atoms with Crippen LogP contribution in [0.15, 0.2) is 27.8 Å². The summed E-state index contributed by atoms with van der Waals surface area (Å²) in [6.45, 7) is 6.92. The maximum Gasteiger partial charge on any atom is 0.329 e. The predicted molar refractivity (Wildman–Crippen MR) is 129 cm³/mol. The second kappa shape index (κ2) is 9.68. The SMILES string of the molecule is CCCCCn1c(N2CCN(Cc3ccc(Cl)c(Cl)c3)CC2)nc2c1c(=O)[nH]c(=O)n2C. The number of piperazine rings is 1. The van der Waals surface area contributed by atoms with Gasteiger partial charge in [-0.05, 0) is 24.1 Å². The van der Waals surface area contributed by atoms with Crippen LogP contribution in [0.4, 0.5) is 5.95 Å². The molecular formula is C22H28Cl2N6O2. The first kappa shape index (κ1) is 22.9. The van der Waals surface area contributed by atoms with Gasteiger partial charge in [-0.1, -0.05) is 49.0 Å². The molecule has 8 nitrogen and oxygen atoms in total. The molecule has 32 heavy (non-hydrogen) atoms. The molecule has 3 aromatic rings. The number of rotatable bonds is 7. The fourth-order valence-electron chi connectivity index (χ4n) is 4.20. The first-order valence-electron chi connectivity index (χ1n) is 11.0. The van der Waals surface area contributed by atoms with E-state index in [0.29, 0.717) is 27.8 Å². The van der Waals surface area contributed by atoms with Crippen LogP contribution < -0.4 is 16.1 Å². The van der Waals surface area contributed by atoms with Crippen LogP contribution in [-0.2, 0) is 20.1 Å². The molecule has 0 radical (unpaired) electrons. The maximum atomic E-state index is 12.6. The van der Waals surface area contributed by atoms with Crippen molar-refractivity contribution in [2.45, 2.75) is 39.3 Å². The number of aromatic amines is 1. The molecule has 3 heterocycles. The van der Waals surface area contributed by atoms with Crippen LogP contribution in [-0.4, -0.2) is 50.2 Å². The molecule has 0 unspecified atom stereocenters. The topological polar surface area (TPSA) is 79.2 Å². The van der Waals surface area contributed by atoms with Crippen LogP contribution in [0, 0.1) is 0 Å². The lowest BCUT2D eigenvalue weighted by Crippen LogP contribution is -2.46. The molecule has 172 valence electrons. The minimum absolute atomic E-state index is 0.378. The Morgan fingerprint density at radius 1 is 1.06 bits per heavy atom. The summed E-state index contributed by atoms with van der Waals surface area (Å²) in [5.74, 6) is 0.761. The monoisotopic (exact) mass is 478 g/mol. The summed E-state index contributed by atoms with van der Waals surface area (Å²) < 4.78 is 3.40. The van der Waals surface area contributed by atoms with E-state index >= 15 is 0 Å². The normalized spacial score (nSPS) is 15.1. The molecule has 0 amide bonds. The molecule has 10 heteroatoms. The molecule has 0 aliphatic carbocycles. The summed E-state index contributed by atoms with van der Waals surface area (Å²) in [7, 11) is 1.64. The third-order valence-electron chi connectivity index (χ3n) is 6.02. The molecule has 0 spiro atoms. The summed E-state index contributed by atoms with van der Waals surface area (Å²) in [6.07, 6.45) is 3.11. The minimum Gasteiger partial charge on any atom is -0.340 e. The number of hydrogen-bond acceptors (Lipinski definition) is 5. The highest BCUT2D eigenvalue weighted by Crippen LogP contribution is 2.25. The number of nitrogens with zero attached hydrogens (tertiary/aromatic N) is 5. The van der Waals surface area contributed by atoms with Gasteiger partial charge in [0.15, 0.2) is 11.2 Å². The van der Waals surface area contributed by atoms with Gasteiger partial charge in [0.05, 0.1) is 10.0 Å². The predicted octanol–water partition coefficient (Wildman–Crippen LogP) is 3.24. The highest BCUT2D eigenvalue weighted by atomic mass is 35.5. The molecule has 1 saturated heterocycles. The van der Waals surface area contributed by atoms with Crippen molar-refractivity contribution >= 4 is 40.3 Å². The standard InChI is InChI=1S/C22H28Cl2N6O2/c1-3-4-5-8-30-18-19(27(2)22(32)26-20(18)31)25-21(30)29-11-9-28(10-12-29)14-15-6-7-16(23)17(24)13-15/h6-7,13H,3-5,8-12,14H2,1-2H3,(H,26,31,32). The number of hydrogen-bond donors (Lipinski definition) is 1. The Balaban J connectivity index is 1.56. The lowest BCUT2D eigenvalue weighted by Gasteiger charge is -2.35. The molecule has 1 aliphatic rings. The quantitative estimate of drug-likeness (QED) is 0.527. The molecule has 0 atom stereocenters. The van der Waals surface area contributed by atoms with Crippen LogP contribution >= 0.6 is 23.2 Å². The van der Waals surface area contributed by atoms with Crippen molar-refractivity contribution in [3.05, 3.63) is 54.6 Å². The van der Waals surface area contributed by atoms with Crippen molar-refractivity contribution in [2.75, 3.05) is 31.1 Å². The van der Waals surface area contributed by atoms with Crippen molar-refractivity contribution in [1.82, 2.24) is 24.0 Å². The molecule has 1 fully saturated rings. The van der Waals surface area contributed by atoms with E-state index in [1.807, 2.05) is 22.8 Å². The Bertz CT molecular complexity index is 1220. The van der Waals surface area contributed by atoms with Crippen LogP contribution in [0.25, 0.3) is 11.2 Å². The van der Waals surface area contributed by atoms with Gasteiger partial charge in [-0.3, -0.25) is 19.2 Å². The fraction of sp³-hybridized carbons (Fsp3) is 0.500. The number of aromatic nitrogens is 4. The number of anilines is 1. The summed E-state index contributed by atoms with van der Waals surface area (Å²) >= 11 is 12.2. The Morgan fingerprint density at radius 3 is 2.50 bits per heavy atom. The Labute approximate surface area is 196 Å². The lowest BCUT2D eigenvalue weighted by atomic mass is 10.2. The van der Waals surface area contributed by atoms with Crippen molar-refractivity contribution in [2.24, 2.45) is 7.05 Å². The number of unbranched alkanes of at least 4 members (excludes halogenated alkanes) is 2. The molecule has 4 rings (SSSR count). The van der Waals surface area contributed by atoms with Crippen molar-refractivity contribution in [1.29, 1.82) is 0 Å². The van der Waals surface area contributed by atoms with Gasteiger partial charge in [0, 0.05) is 46.3 Å². The molecular weight excluding hydrogens is 451 g/mol. The number of benzene rings is 1. The van der Waals surface area contributed by atoms with Gasteiger partial charge in [0.2, 0.25) is 5.95 Å². The largest absolute Gasteiger partial charge is 0.340 e. The van der Waals surface area contributed by atoms with Gasteiger partial charge < -0.3 is 9.47 Å². The number of fused-ring (bicyclic) bond motifs is 1. The fourth-order valence-corrected chi connectivity index (χ4v) is 4.52. The zero-order valence-electron chi connectivity index (χ0n) is 18.4. The van der Waals surface area contributed by atoms with Crippen LogP contribution in [0.1, 0.15) is 31.7 Å². The van der Waals surface area contributed by atoms with Crippen molar-refractivity contribution in [3.8, 4) is 0 Å². The number of imidazole rings is 1. The Hall–Kier alpha value is -2.29. The summed E-state index contributed by atoms with van der Waals surface area (Å²) in [6, 6.07) is 5.74. The van der Waals surface area contributed by atoms with Crippen molar-refractivity contribution < 1.29 is 0 Å². The lowest BCUT2D eigenvalue weighted by molar-refractivity contribution is 0.248. The van der Waals surface area contributed by atoms with Crippen LogP contribution in [0.5, 0.6) is 0 Å². The van der Waals surface area contributed by atoms with Gasteiger partial charge in [-0.2, -0.15) is 4.98 Å². The summed E-state index contributed by atoms with van der Waals surface area (Å²) in [5.41, 5.74) is 1.21. The van der Waals surface area contributed by atoms with Gasteiger partial charge in [0.25, 0.3) is 5.56 Å². The molecule has 1 N–H and O–H groups in total. The first-order chi connectivity index (χ1) is 15.4. The smallest absolute Gasteiger partial charge is 0.329 e. The van der Waals surface area contributed by atoms with Crippen molar-refractivity contribution in [3.63, 3.8) is 0 Å². The van der Waals surface area contributed by atoms with Gasteiger partial charge in [-0.25, -0.2) is 4.79 Å². The number of nitrogens with one attached hydrogen (secondary N) is 1. The van der Waals surface area contributed by atoms with E-state index < -0.39 is 5.69 Å².